The Labute approximate surface area is 93.5 Å². The Bertz CT molecular complexity index is 421. The van der Waals surface area contributed by atoms with Crippen molar-refractivity contribution in [3.8, 4) is 9.86 Å². The summed E-state index contributed by atoms with van der Waals surface area (Å²) in [5, 5.41) is 10.4. The summed E-state index contributed by atoms with van der Waals surface area (Å²) in [7, 11) is 0. The van der Waals surface area contributed by atoms with Crippen LogP contribution in [0.15, 0.2) is 24.3 Å². The van der Waals surface area contributed by atoms with Crippen LogP contribution < -0.4 is 0 Å². The van der Waals surface area contributed by atoms with Crippen molar-refractivity contribution in [1.29, 1.82) is 0 Å². The number of hydrogen-bond acceptors (Lipinski definition) is 2. The van der Waals surface area contributed by atoms with Crippen molar-refractivity contribution in [2.45, 2.75) is 14.8 Å². The van der Waals surface area contributed by atoms with Crippen molar-refractivity contribution >= 4 is 24.1 Å². The van der Waals surface area contributed by atoms with Crippen LogP contribution in [0.2, 0.25) is 14.8 Å². The van der Waals surface area contributed by atoms with Crippen molar-refractivity contribution in [1.82, 2.24) is 0 Å². The Morgan fingerprint density at radius 2 is 1.73 bits per heavy atom. The van der Waals surface area contributed by atoms with Gasteiger partial charge in [0.1, 0.15) is 0 Å². The van der Waals surface area contributed by atoms with Gasteiger partial charge in [-0.2, -0.15) is 0 Å². The van der Waals surface area contributed by atoms with Crippen LogP contribution in [0.4, 0.5) is 5.69 Å². The van der Waals surface area contributed by atoms with E-state index in [1.165, 1.54) is 12.1 Å². The molecule has 1 aromatic rings. The molecule has 0 bridgehead atoms. The number of hydrogen-bond donors (Lipinski definition) is 0. The van der Waals surface area contributed by atoms with Crippen molar-refractivity contribution in [3.05, 3.63) is 39.9 Å². The van der Waals surface area contributed by atoms with E-state index in [9.17, 15) is 10.1 Å². The zero-order valence-corrected chi connectivity index (χ0v) is 11.9. The molecule has 78 valence electrons. The van der Waals surface area contributed by atoms with Gasteiger partial charge in [-0.15, -0.1) is 0 Å². The second-order valence-corrected chi connectivity index (χ2v) is 17.9. The predicted molar refractivity (Wildman–Crippen MR) is 63.3 cm³/mol. The molecular weight excluding hydrogens is 297 g/mol. The molecule has 4 heteroatoms. The van der Waals surface area contributed by atoms with E-state index in [2.05, 4.69) is 24.7 Å². The fourth-order valence-corrected chi connectivity index (χ4v) is 2.41. The van der Waals surface area contributed by atoms with E-state index in [4.69, 9.17) is 0 Å². The van der Waals surface area contributed by atoms with Crippen LogP contribution in [0.1, 0.15) is 5.56 Å². The van der Waals surface area contributed by atoms with E-state index in [1.807, 2.05) is 0 Å². The van der Waals surface area contributed by atoms with Gasteiger partial charge in [0, 0.05) is 0 Å². The average molecular weight is 310 g/mol. The summed E-state index contributed by atoms with van der Waals surface area (Å²) in [6, 6.07) is 6.37. The molecule has 0 aliphatic heterocycles. The maximum atomic E-state index is 10.4. The Morgan fingerprint density at radius 1 is 1.20 bits per heavy atom. The van der Waals surface area contributed by atoms with E-state index in [0.29, 0.717) is 0 Å². The van der Waals surface area contributed by atoms with Gasteiger partial charge in [-0.3, -0.25) is 0 Å². The first-order valence-corrected chi connectivity index (χ1v) is 14.6. The number of nitrogens with zero attached hydrogens (tertiary/aromatic N) is 1. The first-order valence-electron chi connectivity index (χ1n) is 4.66. The van der Waals surface area contributed by atoms with Crippen molar-refractivity contribution in [3.63, 3.8) is 0 Å². The third kappa shape index (κ3) is 4.34. The molecule has 0 saturated carbocycles. The number of non-ortho nitro benzene ring substituents is 1. The zero-order valence-electron chi connectivity index (χ0n) is 9.07. The third-order valence-electron chi connectivity index (χ3n) is 1.66. The standard InChI is InChI=1S/C8H4NO2.3CH3.Sn/c1-2-7-3-5-8(6-4-7)9(10)11;;;;/h3-6H;3*1H3;. The van der Waals surface area contributed by atoms with E-state index in [-0.39, 0.29) is 5.69 Å². The molecule has 0 saturated heterocycles. The Hall–Kier alpha value is -1.02. The van der Waals surface area contributed by atoms with E-state index < -0.39 is 23.3 Å². The minimum atomic E-state index is -2.04. The molecule has 0 aliphatic rings. The van der Waals surface area contributed by atoms with Crippen LogP contribution in [-0.4, -0.2) is 23.3 Å². The van der Waals surface area contributed by atoms with Gasteiger partial charge in [0.2, 0.25) is 0 Å². The fourth-order valence-electron chi connectivity index (χ4n) is 0.926. The molecule has 0 radical (unpaired) electrons. The molecule has 0 aromatic heterocycles. The summed E-state index contributed by atoms with van der Waals surface area (Å²) < 4.78 is 3.28. The van der Waals surface area contributed by atoms with Gasteiger partial charge >= 0.3 is 93.6 Å². The first kappa shape index (κ1) is 12.1. The molecule has 1 aromatic carbocycles. The van der Waals surface area contributed by atoms with Crippen molar-refractivity contribution in [2.75, 3.05) is 0 Å². The van der Waals surface area contributed by atoms with Crippen LogP contribution in [0.5, 0.6) is 0 Å². The van der Waals surface area contributed by atoms with Gasteiger partial charge in [0.25, 0.3) is 0 Å². The SMILES string of the molecule is [CH3][Sn]([CH3])([CH3])[C]#Cc1ccc([N+](=O)[O-])cc1. The number of rotatable bonds is 1. The average Bonchev–Trinajstić information content (AvgIpc) is 2.14. The van der Waals surface area contributed by atoms with Crippen molar-refractivity contribution < 1.29 is 4.92 Å². The fraction of sp³-hybridized carbons (Fsp3) is 0.273. The van der Waals surface area contributed by atoms with E-state index >= 15 is 0 Å². The molecule has 0 unspecified atom stereocenters. The van der Waals surface area contributed by atoms with Gasteiger partial charge in [-0.1, -0.05) is 0 Å². The normalized spacial score (nSPS) is 10.3. The molecule has 0 heterocycles. The summed E-state index contributed by atoms with van der Waals surface area (Å²) in [6.07, 6.45) is 0. The molecule has 0 aliphatic carbocycles. The van der Waals surface area contributed by atoms with E-state index in [1.54, 1.807) is 12.1 Å². The summed E-state index contributed by atoms with van der Waals surface area (Å²) in [6.45, 7) is 0. The second-order valence-electron chi connectivity index (χ2n) is 4.30. The summed E-state index contributed by atoms with van der Waals surface area (Å²) in [5.74, 6) is 3.07. The van der Waals surface area contributed by atoms with Gasteiger partial charge in [0.05, 0.1) is 0 Å². The van der Waals surface area contributed by atoms with E-state index in [0.717, 1.165) is 5.56 Å². The quantitative estimate of drug-likeness (QED) is 0.346. The maximum absolute atomic E-state index is 10.4. The third-order valence-corrected chi connectivity index (χ3v) is 4.16. The number of nitro groups is 1. The molecule has 0 N–H and O–H groups in total. The number of nitro benzene ring substituents is 1. The molecule has 0 amide bonds. The molecule has 1 rings (SSSR count). The molecule has 0 fully saturated rings. The first-order chi connectivity index (χ1) is 6.88. The Balaban J connectivity index is 2.89. The van der Waals surface area contributed by atoms with Crippen LogP contribution in [0.3, 0.4) is 0 Å². The molecule has 0 spiro atoms. The van der Waals surface area contributed by atoms with Crippen LogP contribution in [0, 0.1) is 20.0 Å². The topological polar surface area (TPSA) is 43.1 Å². The van der Waals surface area contributed by atoms with Gasteiger partial charge in [-0.05, 0) is 0 Å². The number of benzene rings is 1. The van der Waals surface area contributed by atoms with Gasteiger partial charge < -0.3 is 0 Å². The van der Waals surface area contributed by atoms with Crippen LogP contribution >= 0.6 is 0 Å². The van der Waals surface area contributed by atoms with Crippen LogP contribution in [-0.2, 0) is 0 Å². The summed E-state index contributed by atoms with van der Waals surface area (Å²) in [5.41, 5.74) is 0.965. The second kappa shape index (κ2) is 4.67. The Kier molecular flexibility index (Phi) is 3.75. The van der Waals surface area contributed by atoms with Gasteiger partial charge in [-0.25, -0.2) is 0 Å². The molecule has 15 heavy (non-hydrogen) atoms. The summed E-state index contributed by atoms with van der Waals surface area (Å²) >= 11 is -2.04. The minimum absolute atomic E-state index is 0.111. The summed E-state index contributed by atoms with van der Waals surface area (Å²) in [4.78, 5) is 16.7. The predicted octanol–water partition coefficient (Wildman–Crippen LogP) is 2.82. The molecule has 0 atom stereocenters. The Morgan fingerprint density at radius 3 is 2.13 bits per heavy atom. The zero-order chi connectivity index (χ0) is 11.5. The monoisotopic (exact) mass is 311 g/mol. The molecule has 3 nitrogen and oxygen atoms in total. The van der Waals surface area contributed by atoms with Crippen molar-refractivity contribution in [2.24, 2.45) is 0 Å². The molecular formula is C11H13NO2Sn. The van der Waals surface area contributed by atoms with Gasteiger partial charge in [0.15, 0.2) is 0 Å². The van der Waals surface area contributed by atoms with Crippen LogP contribution in [0.25, 0.3) is 0 Å².